The zero-order valence-corrected chi connectivity index (χ0v) is 17.6. The topological polar surface area (TPSA) is 95.0 Å². The first kappa shape index (κ1) is 19.8. The van der Waals surface area contributed by atoms with Crippen LogP contribution in [0.1, 0.15) is 16.8 Å². The highest BCUT2D eigenvalue weighted by atomic mass is 15.3. The summed E-state index contributed by atoms with van der Waals surface area (Å²) in [6.07, 6.45) is 2.34. The Morgan fingerprint density at radius 2 is 1.66 bits per heavy atom. The second-order valence-electron chi connectivity index (χ2n) is 7.93. The lowest BCUT2D eigenvalue weighted by Gasteiger charge is -2.36. The van der Waals surface area contributed by atoms with E-state index in [-0.39, 0.29) is 0 Å². The van der Waals surface area contributed by atoms with Crippen molar-refractivity contribution in [2.75, 3.05) is 41.7 Å². The van der Waals surface area contributed by atoms with Crippen LogP contribution >= 0.6 is 0 Å². The summed E-state index contributed by atoms with van der Waals surface area (Å²) in [6.45, 7) is 3.40. The quantitative estimate of drug-likeness (QED) is 0.540. The minimum absolute atomic E-state index is 0.639. The van der Waals surface area contributed by atoms with E-state index in [2.05, 4.69) is 43.2 Å². The number of nitrogens with zero attached hydrogens (tertiary/aromatic N) is 6. The third-order valence-electron chi connectivity index (χ3n) is 5.85. The Balaban J connectivity index is 1.39. The van der Waals surface area contributed by atoms with Gasteiger partial charge in [-0.15, -0.1) is 5.10 Å². The second kappa shape index (κ2) is 8.52. The van der Waals surface area contributed by atoms with Crippen LogP contribution in [-0.2, 0) is 6.42 Å². The molecule has 0 spiro atoms. The van der Waals surface area contributed by atoms with Crippen LogP contribution in [0.3, 0.4) is 0 Å². The molecule has 0 bridgehead atoms. The largest absolute Gasteiger partial charge is 0.397 e. The van der Waals surface area contributed by atoms with Crippen molar-refractivity contribution in [3.05, 3.63) is 83.7 Å². The van der Waals surface area contributed by atoms with Gasteiger partial charge in [0.15, 0.2) is 5.82 Å². The fraction of sp³-hybridized carbons (Fsp3) is 0.200. The molecule has 2 aromatic heterocycles. The molecule has 0 atom stereocenters. The Morgan fingerprint density at radius 1 is 0.875 bits per heavy atom. The molecule has 1 aliphatic rings. The van der Waals surface area contributed by atoms with E-state index < -0.39 is 0 Å². The van der Waals surface area contributed by atoms with Crippen LogP contribution < -0.4 is 15.5 Å². The number of rotatable bonds is 4. The molecule has 0 aliphatic carbocycles. The molecule has 7 nitrogen and oxygen atoms in total. The maximum Gasteiger partial charge on any atom is 0.159 e. The first-order valence-corrected chi connectivity index (χ1v) is 10.7. The lowest BCUT2D eigenvalue weighted by molar-refractivity contribution is 0.639. The van der Waals surface area contributed by atoms with Crippen molar-refractivity contribution >= 4 is 28.1 Å². The van der Waals surface area contributed by atoms with E-state index in [0.717, 1.165) is 59.8 Å². The van der Waals surface area contributed by atoms with Crippen LogP contribution in [0.25, 0.3) is 10.8 Å². The number of nitriles is 1. The SMILES string of the molecule is N#Cc1cccc(Cc2nnc(N3CCN(c4ccc(N)cn4)CC3)c3ccccc23)c1. The van der Waals surface area contributed by atoms with Gasteiger partial charge >= 0.3 is 0 Å². The van der Waals surface area contributed by atoms with E-state index in [1.54, 1.807) is 6.20 Å². The molecule has 3 heterocycles. The van der Waals surface area contributed by atoms with Crippen molar-refractivity contribution in [1.82, 2.24) is 15.2 Å². The monoisotopic (exact) mass is 421 g/mol. The molecule has 2 aromatic carbocycles. The summed E-state index contributed by atoms with van der Waals surface area (Å²) in [6, 6.07) is 22.0. The van der Waals surface area contributed by atoms with Gasteiger partial charge in [0, 0.05) is 43.4 Å². The highest BCUT2D eigenvalue weighted by Crippen LogP contribution is 2.28. The number of benzene rings is 2. The molecule has 32 heavy (non-hydrogen) atoms. The van der Waals surface area contributed by atoms with Crippen molar-refractivity contribution in [2.45, 2.75) is 6.42 Å². The van der Waals surface area contributed by atoms with Crippen molar-refractivity contribution in [3.63, 3.8) is 0 Å². The van der Waals surface area contributed by atoms with Crippen molar-refractivity contribution in [1.29, 1.82) is 5.26 Å². The summed E-state index contributed by atoms with van der Waals surface area (Å²) < 4.78 is 0. The molecule has 158 valence electrons. The lowest BCUT2D eigenvalue weighted by Crippen LogP contribution is -2.47. The van der Waals surface area contributed by atoms with Crippen LogP contribution in [0.2, 0.25) is 0 Å². The summed E-state index contributed by atoms with van der Waals surface area (Å²) in [4.78, 5) is 9.01. The van der Waals surface area contributed by atoms with Crippen LogP contribution in [0.4, 0.5) is 17.3 Å². The molecular formula is C25H23N7. The van der Waals surface area contributed by atoms with Gasteiger partial charge in [-0.05, 0) is 29.8 Å². The van der Waals surface area contributed by atoms with Gasteiger partial charge in [0.2, 0.25) is 0 Å². The fourth-order valence-electron chi connectivity index (χ4n) is 4.19. The molecule has 1 saturated heterocycles. The molecule has 2 N–H and O–H groups in total. The van der Waals surface area contributed by atoms with Gasteiger partial charge in [-0.1, -0.05) is 36.4 Å². The zero-order valence-electron chi connectivity index (χ0n) is 17.6. The van der Waals surface area contributed by atoms with Gasteiger partial charge in [0.25, 0.3) is 0 Å². The minimum Gasteiger partial charge on any atom is -0.397 e. The number of fused-ring (bicyclic) bond motifs is 1. The van der Waals surface area contributed by atoms with Crippen LogP contribution in [0.15, 0.2) is 66.9 Å². The molecule has 4 aromatic rings. The predicted molar refractivity (Wildman–Crippen MR) is 127 cm³/mol. The summed E-state index contributed by atoms with van der Waals surface area (Å²) >= 11 is 0. The van der Waals surface area contributed by atoms with Crippen LogP contribution in [0, 0.1) is 11.3 Å². The Labute approximate surface area is 186 Å². The van der Waals surface area contributed by atoms with Crippen molar-refractivity contribution in [2.24, 2.45) is 0 Å². The lowest BCUT2D eigenvalue weighted by atomic mass is 10.0. The van der Waals surface area contributed by atoms with Gasteiger partial charge in [-0.3, -0.25) is 0 Å². The first-order chi connectivity index (χ1) is 15.7. The summed E-state index contributed by atoms with van der Waals surface area (Å²) in [7, 11) is 0. The Morgan fingerprint density at radius 3 is 2.41 bits per heavy atom. The van der Waals surface area contributed by atoms with Gasteiger partial charge in [-0.2, -0.15) is 10.4 Å². The van der Waals surface area contributed by atoms with E-state index >= 15 is 0 Å². The predicted octanol–water partition coefficient (Wildman–Crippen LogP) is 3.40. The molecule has 5 rings (SSSR count). The Hall–Kier alpha value is -4.18. The Kier molecular flexibility index (Phi) is 5.26. The number of aromatic nitrogens is 3. The standard InChI is InChI=1S/C25H23N7/c26-16-19-5-3-4-18(14-19)15-23-21-6-1-2-7-22(21)25(30-29-23)32-12-10-31(11-13-32)24-9-8-20(27)17-28-24/h1-9,14,17H,10-13,15,27H2. The Bertz CT molecular complexity index is 1290. The molecule has 0 radical (unpaired) electrons. The van der Waals surface area contributed by atoms with Crippen LogP contribution in [0.5, 0.6) is 0 Å². The molecular weight excluding hydrogens is 398 g/mol. The third-order valence-corrected chi connectivity index (χ3v) is 5.85. The number of nitrogen functional groups attached to an aromatic ring is 1. The maximum atomic E-state index is 9.19. The molecule has 1 fully saturated rings. The van der Waals surface area contributed by atoms with Crippen molar-refractivity contribution < 1.29 is 0 Å². The molecule has 0 saturated carbocycles. The molecule has 1 aliphatic heterocycles. The minimum atomic E-state index is 0.639. The summed E-state index contributed by atoms with van der Waals surface area (Å²) in [5.74, 6) is 1.87. The highest BCUT2D eigenvalue weighted by Gasteiger charge is 2.22. The smallest absolute Gasteiger partial charge is 0.159 e. The molecule has 0 amide bonds. The highest BCUT2D eigenvalue weighted by molar-refractivity contribution is 5.93. The average Bonchev–Trinajstić information content (AvgIpc) is 2.85. The number of hydrogen-bond acceptors (Lipinski definition) is 7. The number of anilines is 3. The van der Waals surface area contributed by atoms with E-state index in [0.29, 0.717) is 17.7 Å². The summed E-state index contributed by atoms with van der Waals surface area (Å²) in [5, 5.41) is 20.6. The number of pyridine rings is 1. The molecule has 0 unspecified atom stereocenters. The van der Waals surface area contributed by atoms with E-state index in [1.165, 1.54) is 0 Å². The zero-order chi connectivity index (χ0) is 21.9. The third kappa shape index (κ3) is 3.91. The number of nitrogens with two attached hydrogens (primary N) is 1. The average molecular weight is 422 g/mol. The molecule has 7 heteroatoms. The first-order valence-electron chi connectivity index (χ1n) is 10.7. The maximum absolute atomic E-state index is 9.19. The normalized spacial score (nSPS) is 13.8. The number of hydrogen-bond donors (Lipinski definition) is 1. The van der Waals surface area contributed by atoms with Gasteiger partial charge in [-0.25, -0.2) is 4.98 Å². The van der Waals surface area contributed by atoms with Crippen LogP contribution in [-0.4, -0.2) is 41.4 Å². The van der Waals surface area contributed by atoms with Gasteiger partial charge in [0.1, 0.15) is 5.82 Å². The van der Waals surface area contributed by atoms with Crippen molar-refractivity contribution in [3.8, 4) is 6.07 Å². The van der Waals surface area contributed by atoms with E-state index in [9.17, 15) is 5.26 Å². The van der Waals surface area contributed by atoms with E-state index in [1.807, 2.05) is 48.5 Å². The fourth-order valence-corrected chi connectivity index (χ4v) is 4.19. The van der Waals surface area contributed by atoms with Gasteiger partial charge < -0.3 is 15.5 Å². The van der Waals surface area contributed by atoms with Gasteiger partial charge in [0.05, 0.1) is 29.2 Å². The number of piperazine rings is 1. The summed E-state index contributed by atoms with van der Waals surface area (Å²) in [5.41, 5.74) is 9.07. The second-order valence-corrected chi connectivity index (χ2v) is 7.93. The van der Waals surface area contributed by atoms with E-state index in [4.69, 9.17) is 5.73 Å².